The summed E-state index contributed by atoms with van der Waals surface area (Å²) in [6, 6.07) is 23.8. The topological polar surface area (TPSA) is 158 Å². The van der Waals surface area contributed by atoms with E-state index in [1.165, 1.54) is 56.8 Å². The Morgan fingerprint density at radius 1 is 0.800 bits per heavy atom. The van der Waals surface area contributed by atoms with Crippen molar-refractivity contribution >= 4 is 74.1 Å². The number of aromatic amines is 1. The molecule has 0 atom stereocenters. The van der Waals surface area contributed by atoms with Gasteiger partial charge < -0.3 is 24.5 Å². The van der Waals surface area contributed by atoms with Crippen molar-refractivity contribution < 1.29 is 35.8 Å². The van der Waals surface area contributed by atoms with Crippen LogP contribution in [-0.2, 0) is 29.2 Å². The van der Waals surface area contributed by atoms with E-state index >= 15 is 0 Å². The molecule has 0 fully saturated rings. The van der Waals surface area contributed by atoms with Crippen molar-refractivity contribution in [1.82, 2.24) is 4.98 Å². The summed E-state index contributed by atoms with van der Waals surface area (Å²) < 4.78 is 67.7. The van der Waals surface area contributed by atoms with Crippen LogP contribution in [0.3, 0.4) is 0 Å². The van der Waals surface area contributed by atoms with Crippen LogP contribution in [0.5, 0.6) is 11.5 Å². The summed E-state index contributed by atoms with van der Waals surface area (Å²) in [7, 11) is -5.00. The van der Waals surface area contributed by atoms with E-state index in [1.54, 1.807) is 61.5 Å². The lowest BCUT2D eigenvalue weighted by molar-refractivity contribution is -0.137. The molecule has 5 aromatic rings. The predicted molar refractivity (Wildman–Crippen MR) is 200 cm³/mol. The number of H-pyrrole nitrogens is 1. The number of hydrogen-bond donors (Lipinski definition) is 2. The first-order valence-electron chi connectivity index (χ1n) is 14.3. The van der Waals surface area contributed by atoms with Gasteiger partial charge in [0, 0.05) is 37.9 Å². The number of nitrogens with one attached hydrogen (secondary N) is 2. The lowest BCUT2D eigenvalue weighted by Gasteiger charge is -2.10. The second-order valence-corrected chi connectivity index (χ2v) is 15.6. The maximum Gasteiger partial charge on any atom is 0.351 e. The number of carbonyl (C=O) groups excluding carboxylic acids is 1. The largest absolute Gasteiger partial charge is 0.497 e. The van der Waals surface area contributed by atoms with E-state index in [4.69, 9.17) is 14.2 Å². The predicted octanol–water partition coefficient (Wildman–Crippen LogP) is 7.52. The Kier molecular flexibility index (Phi) is 14.0. The van der Waals surface area contributed by atoms with E-state index in [-0.39, 0.29) is 28.7 Å². The summed E-state index contributed by atoms with van der Waals surface area (Å²) in [5, 5.41) is 3.14. The van der Waals surface area contributed by atoms with Crippen LogP contribution < -0.4 is 20.2 Å². The Morgan fingerprint density at radius 3 is 1.88 bits per heavy atom. The van der Waals surface area contributed by atoms with Gasteiger partial charge in [-0.3, -0.25) is 4.79 Å². The highest BCUT2D eigenvalue weighted by atomic mass is 79.9. The third-order valence-corrected chi connectivity index (χ3v) is 11.4. The Bertz CT molecular complexity index is 2260. The van der Waals surface area contributed by atoms with Crippen molar-refractivity contribution in [1.29, 1.82) is 0 Å². The molecule has 1 heterocycles. The number of benzene rings is 4. The van der Waals surface area contributed by atoms with Crippen molar-refractivity contribution in [2.75, 3.05) is 26.1 Å². The van der Waals surface area contributed by atoms with Gasteiger partial charge in [0.25, 0.3) is 0 Å². The highest BCUT2D eigenvalue weighted by Gasteiger charge is 2.28. The van der Waals surface area contributed by atoms with Crippen LogP contribution in [-0.4, -0.2) is 48.6 Å². The van der Waals surface area contributed by atoms with Gasteiger partial charge in [0.05, 0.1) is 30.6 Å². The smallest absolute Gasteiger partial charge is 0.351 e. The van der Waals surface area contributed by atoms with Crippen molar-refractivity contribution in [2.24, 2.45) is 0 Å². The Morgan fingerprint density at radius 2 is 1.34 bits per heavy atom. The van der Waals surface area contributed by atoms with E-state index in [0.29, 0.717) is 32.6 Å². The molecule has 5 rings (SSSR count). The number of methoxy groups -OCH3 is 2. The number of sulfone groups is 2. The molecule has 0 aliphatic carbocycles. The average molecular weight is 851 g/mol. The lowest BCUT2D eigenvalue weighted by Crippen LogP contribution is -2.18. The molecule has 11 nitrogen and oxygen atoms in total. The standard InChI is InChI=1S/C18H18BrNO5S.C16H12BrNO4S.CH4/c1-3-25-18(21)17(12-20-14-6-4-13(19)5-7-14)26(22,23)16-10-8-15(24-2)9-11-16;1-22-11-3-5-12(6-4-11)23(20,21)15-9-18-14-7-2-10(17)8-13(14)16(15)19;/h4-12,20H,3H2,1-2H3;2-9H,1H3,(H,18,19);1H4/b17-12+;;. The molecular formula is C35H34Br2N2O9S2. The minimum Gasteiger partial charge on any atom is -0.497 e. The van der Waals surface area contributed by atoms with Gasteiger partial charge in [0.15, 0.2) is 4.91 Å². The summed E-state index contributed by atoms with van der Waals surface area (Å²) >= 11 is 6.61. The van der Waals surface area contributed by atoms with E-state index in [2.05, 4.69) is 42.2 Å². The number of fused-ring (bicyclic) bond motifs is 1. The maximum absolute atomic E-state index is 12.9. The first-order chi connectivity index (χ1) is 23.3. The van der Waals surface area contributed by atoms with Crippen molar-refractivity contribution in [3.8, 4) is 11.5 Å². The molecule has 50 heavy (non-hydrogen) atoms. The average Bonchev–Trinajstić information content (AvgIpc) is 3.10. The summed E-state index contributed by atoms with van der Waals surface area (Å²) in [6.07, 6.45) is 2.37. The number of anilines is 1. The molecule has 2 N–H and O–H groups in total. The number of hydrogen-bond acceptors (Lipinski definition) is 10. The van der Waals surface area contributed by atoms with Crippen LogP contribution in [0.4, 0.5) is 5.69 Å². The Hall–Kier alpha value is -4.44. The molecule has 0 radical (unpaired) electrons. The lowest BCUT2D eigenvalue weighted by atomic mass is 10.2. The zero-order valence-electron chi connectivity index (χ0n) is 26.3. The zero-order chi connectivity index (χ0) is 35.8. The molecule has 0 aliphatic heterocycles. The number of rotatable bonds is 10. The fourth-order valence-corrected chi connectivity index (χ4v) is 7.46. The number of esters is 1. The summed E-state index contributed by atoms with van der Waals surface area (Å²) in [5.41, 5.74) is 0.669. The van der Waals surface area contributed by atoms with Gasteiger partial charge in [-0.2, -0.15) is 0 Å². The van der Waals surface area contributed by atoms with Gasteiger partial charge in [0.1, 0.15) is 16.4 Å². The number of halogens is 2. The van der Waals surface area contributed by atoms with Gasteiger partial charge in [-0.05, 0) is 97.9 Å². The molecule has 1 aromatic heterocycles. The summed E-state index contributed by atoms with van der Waals surface area (Å²) in [4.78, 5) is 26.9. The highest BCUT2D eigenvalue weighted by molar-refractivity contribution is 9.10. The SMILES string of the molecule is C.CCOC(=O)/C(=C\Nc1ccc(Br)cc1)S(=O)(=O)c1ccc(OC)cc1.COc1ccc(S(=O)(=O)c2c[nH]c3ccc(Br)cc3c2=O)cc1. The molecule has 0 unspecified atom stereocenters. The summed E-state index contributed by atoms with van der Waals surface area (Å²) in [5.74, 6) is 0.131. The molecule has 0 aliphatic rings. The van der Waals surface area contributed by atoms with Crippen LogP contribution in [0.1, 0.15) is 14.4 Å². The van der Waals surface area contributed by atoms with Crippen LogP contribution in [0.15, 0.2) is 137 Å². The Balaban J connectivity index is 0.000000267. The van der Waals surface area contributed by atoms with Crippen LogP contribution >= 0.6 is 31.9 Å². The quantitative estimate of drug-likeness (QED) is 0.106. The minimum atomic E-state index is -4.07. The molecule has 264 valence electrons. The molecular weight excluding hydrogens is 816 g/mol. The maximum atomic E-state index is 12.9. The third kappa shape index (κ3) is 9.41. The monoisotopic (exact) mass is 848 g/mol. The van der Waals surface area contributed by atoms with E-state index in [1.807, 2.05) is 0 Å². The fourth-order valence-electron chi connectivity index (χ4n) is 4.28. The van der Waals surface area contributed by atoms with E-state index in [0.717, 1.165) is 10.7 Å². The van der Waals surface area contributed by atoms with Gasteiger partial charge in [0.2, 0.25) is 25.1 Å². The molecule has 4 aromatic carbocycles. The molecule has 0 amide bonds. The normalized spacial score (nSPS) is 11.4. The second kappa shape index (κ2) is 17.5. The molecule has 0 spiro atoms. The van der Waals surface area contributed by atoms with Gasteiger partial charge in [-0.15, -0.1) is 0 Å². The number of ether oxygens (including phenoxy) is 3. The van der Waals surface area contributed by atoms with Crippen LogP contribution in [0, 0.1) is 0 Å². The van der Waals surface area contributed by atoms with Crippen molar-refractivity contribution in [3.05, 3.63) is 127 Å². The molecule has 15 heteroatoms. The van der Waals surface area contributed by atoms with Gasteiger partial charge in [-0.1, -0.05) is 39.3 Å². The van der Waals surface area contributed by atoms with Crippen LogP contribution in [0.2, 0.25) is 0 Å². The van der Waals surface area contributed by atoms with Gasteiger partial charge >= 0.3 is 5.97 Å². The van der Waals surface area contributed by atoms with Gasteiger partial charge in [-0.25, -0.2) is 21.6 Å². The van der Waals surface area contributed by atoms with E-state index in [9.17, 15) is 26.4 Å². The van der Waals surface area contributed by atoms with Crippen molar-refractivity contribution in [3.63, 3.8) is 0 Å². The molecule has 0 bridgehead atoms. The minimum absolute atomic E-state index is 0. The molecule has 0 saturated carbocycles. The first kappa shape index (κ1) is 40.0. The third-order valence-electron chi connectivity index (χ3n) is 6.82. The van der Waals surface area contributed by atoms with E-state index < -0.39 is 36.0 Å². The van der Waals surface area contributed by atoms with Crippen molar-refractivity contribution in [2.45, 2.75) is 29.0 Å². The summed E-state index contributed by atoms with van der Waals surface area (Å²) in [6.45, 7) is 1.67. The second-order valence-electron chi connectivity index (χ2n) is 9.91. The van der Waals surface area contributed by atoms with Crippen LogP contribution in [0.25, 0.3) is 10.9 Å². The number of carbonyl (C=O) groups is 1. The first-order valence-corrected chi connectivity index (χ1v) is 18.9. The zero-order valence-corrected chi connectivity index (χ0v) is 31.1. The number of aromatic nitrogens is 1. The molecule has 0 saturated heterocycles. The Labute approximate surface area is 307 Å². The fraction of sp³-hybridized carbons (Fsp3) is 0.143. The number of pyridine rings is 1. The highest BCUT2D eigenvalue weighted by Crippen LogP contribution is 2.25.